The minimum Gasteiger partial charge on any atom is -0.394 e. The number of rotatable bonds is 6. The summed E-state index contributed by atoms with van der Waals surface area (Å²) >= 11 is 0. The molecule has 0 aromatic heterocycles. The molecule has 1 rings (SSSR count). The lowest BCUT2D eigenvalue weighted by molar-refractivity contribution is 0.270. The monoisotopic (exact) mass is 240 g/mol. The van der Waals surface area contributed by atoms with E-state index in [1.807, 2.05) is 25.8 Å². The molecule has 1 unspecified atom stereocenters. The summed E-state index contributed by atoms with van der Waals surface area (Å²) in [6.07, 6.45) is 0. The summed E-state index contributed by atoms with van der Waals surface area (Å²) in [4.78, 5) is 1.96. The molecule has 0 spiro atoms. The van der Waals surface area contributed by atoms with E-state index in [4.69, 9.17) is 5.11 Å². The predicted molar refractivity (Wildman–Crippen MR) is 68.7 cm³/mol. The van der Waals surface area contributed by atoms with Gasteiger partial charge in [0.15, 0.2) is 0 Å². The first-order chi connectivity index (χ1) is 8.10. The molecule has 1 aromatic rings. The zero-order valence-electron chi connectivity index (χ0n) is 10.7. The number of hydrogen-bond acceptors (Lipinski definition) is 3. The molecule has 0 heterocycles. The van der Waals surface area contributed by atoms with Gasteiger partial charge in [-0.1, -0.05) is 6.92 Å². The van der Waals surface area contributed by atoms with E-state index < -0.39 is 0 Å². The third-order valence-electron chi connectivity index (χ3n) is 2.91. The number of anilines is 1. The number of aliphatic hydroxyl groups excluding tert-OH is 1. The van der Waals surface area contributed by atoms with Gasteiger partial charge in [-0.3, -0.25) is 0 Å². The Labute approximate surface area is 102 Å². The third kappa shape index (κ3) is 3.68. The van der Waals surface area contributed by atoms with Crippen molar-refractivity contribution >= 4 is 5.69 Å². The lowest BCUT2D eigenvalue weighted by Crippen LogP contribution is -2.33. The van der Waals surface area contributed by atoms with Crippen LogP contribution in [0.15, 0.2) is 18.2 Å². The standard InChI is InChI=1S/C13H21FN2O/c1-4-15-8-11-7-12(14)5-6-13(11)16(3)10(2)9-17/h5-7,10,15,17H,4,8-9H2,1-3H3. The molecule has 3 nitrogen and oxygen atoms in total. The fourth-order valence-electron chi connectivity index (χ4n) is 1.66. The van der Waals surface area contributed by atoms with Crippen molar-refractivity contribution in [3.05, 3.63) is 29.6 Å². The van der Waals surface area contributed by atoms with E-state index in [0.29, 0.717) is 6.54 Å². The third-order valence-corrected chi connectivity index (χ3v) is 2.91. The summed E-state index contributed by atoms with van der Waals surface area (Å²) in [6.45, 7) is 5.50. The molecular weight excluding hydrogens is 219 g/mol. The first kappa shape index (κ1) is 13.9. The Balaban J connectivity index is 2.96. The zero-order chi connectivity index (χ0) is 12.8. The smallest absolute Gasteiger partial charge is 0.123 e. The van der Waals surface area contributed by atoms with E-state index in [1.54, 1.807) is 12.1 Å². The molecule has 0 aliphatic rings. The summed E-state index contributed by atoms with van der Waals surface area (Å²) < 4.78 is 13.2. The average molecular weight is 240 g/mol. The van der Waals surface area contributed by atoms with Crippen molar-refractivity contribution in [1.82, 2.24) is 5.32 Å². The molecule has 0 saturated heterocycles. The van der Waals surface area contributed by atoms with Crippen molar-refractivity contribution in [2.45, 2.75) is 26.4 Å². The number of halogens is 1. The van der Waals surface area contributed by atoms with E-state index in [-0.39, 0.29) is 18.5 Å². The van der Waals surface area contributed by atoms with Gasteiger partial charge in [0.25, 0.3) is 0 Å². The Morgan fingerprint density at radius 3 is 2.76 bits per heavy atom. The van der Waals surface area contributed by atoms with Crippen molar-refractivity contribution < 1.29 is 9.50 Å². The average Bonchev–Trinajstić information content (AvgIpc) is 2.34. The summed E-state index contributed by atoms with van der Waals surface area (Å²) in [6, 6.07) is 4.76. The van der Waals surface area contributed by atoms with E-state index >= 15 is 0 Å². The number of likely N-dealkylation sites (N-methyl/N-ethyl adjacent to an activating group) is 1. The highest BCUT2D eigenvalue weighted by Crippen LogP contribution is 2.22. The van der Waals surface area contributed by atoms with Crippen molar-refractivity contribution in [3.63, 3.8) is 0 Å². The zero-order valence-corrected chi connectivity index (χ0v) is 10.7. The molecule has 0 saturated carbocycles. The van der Waals surface area contributed by atoms with Gasteiger partial charge in [-0.2, -0.15) is 0 Å². The largest absolute Gasteiger partial charge is 0.394 e. The first-order valence-electron chi connectivity index (χ1n) is 5.93. The number of nitrogens with one attached hydrogen (secondary N) is 1. The maximum atomic E-state index is 13.2. The topological polar surface area (TPSA) is 35.5 Å². The lowest BCUT2D eigenvalue weighted by atomic mass is 10.1. The highest BCUT2D eigenvalue weighted by atomic mass is 19.1. The molecule has 0 bridgehead atoms. The van der Waals surface area contributed by atoms with Crippen molar-refractivity contribution in [2.75, 3.05) is 25.1 Å². The molecule has 17 heavy (non-hydrogen) atoms. The van der Waals surface area contributed by atoms with Crippen LogP contribution in [-0.2, 0) is 6.54 Å². The van der Waals surface area contributed by atoms with Gasteiger partial charge < -0.3 is 15.3 Å². The van der Waals surface area contributed by atoms with E-state index in [9.17, 15) is 4.39 Å². The van der Waals surface area contributed by atoms with Crippen LogP contribution in [0.1, 0.15) is 19.4 Å². The number of nitrogens with zero attached hydrogens (tertiary/aromatic N) is 1. The maximum Gasteiger partial charge on any atom is 0.123 e. The molecule has 0 fully saturated rings. The summed E-state index contributed by atoms with van der Waals surface area (Å²) in [5.41, 5.74) is 1.86. The highest BCUT2D eigenvalue weighted by Gasteiger charge is 2.13. The van der Waals surface area contributed by atoms with Crippen LogP contribution in [0.2, 0.25) is 0 Å². The normalized spacial score (nSPS) is 12.5. The fourth-order valence-corrected chi connectivity index (χ4v) is 1.66. The van der Waals surface area contributed by atoms with Gasteiger partial charge in [-0.15, -0.1) is 0 Å². The molecule has 0 amide bonds. The Kier molecular flexibility index (Phi) is 5.38. The number of hydrogen-bond donors (Lipinski definition) is 2. The molecule has 1 aromatic carbocycles. The molecule has 1 atom stereocenters. The van der Waals surface area contributed by atoms with Crippen LogP contribution in [0, 0.1) is 5.82 Å². The molecule has 0 aliphatic heterocycles. The van der Waals surface area contributed by atoms with Crippen LogP contribution < -0.4 is 10.2 Å². The van der Waals surface area contributed by atoms with E-state index in [0.717, 1.165) is 17.8 Å². The SMILES string of the molecule is CCNCc1cc(F)ccc1N(C)C(C)CO. The highest BCUT2D eigenvalue weighted by molar-refractivity contribution is 5.54. The second-order valence-electron chi connectivity index (χ2n) is 4.20. The summed E-state index contributed by atoms with van der Waals surface area (Å²) in [7, 11) is 1.91. The predicted octanol–water partition coefficient (Wildman–Crippen LogP) is 1.75. The maximum absolute atomic E-state index is 13.2. The van der Waals surface area contributed by atoms with Gasteiger partial charge in [0.1, 0.15) is 5.82 Å². The Morgan fingerprint density at radius 1 is 1.47 bits per heavy atom. The van der Waals surface area contributed by atoms with Gasteiger partial charge in [0.05, 0.1) is 6.61 Å². The van der Waals surface area contributed by atoms with Gasteiger partial charge >= 0.3 is 0 Å². The van der Waals surface area contributed by atoms with Gasteiger partial charge in [0, 0.05) is 25.3 Å². The fraction of sp³-hybridized carbons (Fsp3) is 0.538. The first-order valence-corrected chi connectivity index (χ1v) is 5.93. The molecular formula is C13H21FN2O. The van der Waals surface area contributed by atoms with Crippen LogP contribution in [-0.4, -0.2) is 31.3 Å². The van der Waals surface area contributed by atoms with Crippen molar-refractivity contribution in [1.29, 1.82) is 0 Å². The van der Waals surface area contributed by atoms with Crippen LogP contribution in [0.4, 0.5) is 10.1 Å². The van der Waals surface area contributed by atoms with E-state index in [1.165, 1.54) is 6.07 Å². The Hall–Kier alpha value is -1.13. The van der Waals surface area contributed by atoms with E-state index in [2.05, 4.69) is 5.32 Å². The summed E-state index contributed by atoms with van der Waals surface area (Å²) in [5, 5.41) is 12.3. The molecule has 0 aliphatic carbocycles. The van der Waals surface area contributed by atoms with Gasteiger partial charge in [-0.05, 0) is 37.2 Å². The minimum atomic E-state index is -0.230. The van der Waals surface area contributed by atoms with Crippen LogP contribution in [0.25, 0.3) is 0 Å². The van der Waals surface area contributed by atoms with Gasteiger partial charge in [0.2, 0.25) is 0 Å². The second-order valence-corrected chi connectivity index (χ2v) is 4.20. The molecule has 4 heteroatoms. The van der Waals surface area contributed by atoms with Crippen molar-refractivity contribution in [3.8, 4) is 0 Å². The molecule has 0 radical (unpaired) electrons. The number of benzene rings is 1. The van der Waals surface area contributed by atoms with Gasteiger partial charge in [-0.25, -0.2) is 4.39 Å². The number of aliphatic hydroxyl groups is 1. The quantitative estimate of drug-likeness (QED) is 0.795. The Morgan fingerprint density at radius 2 is 2.18 bits per heavy atom. The summed E-state index contributed by atoms with van der Waals surface area (Å²) in [5.74, 6) is -0.230. The van der Waals surface area contributed by atoms with Crippen molar-refractivity contribution in [2.24, 2.45) is 0 Å². The molecule has 2 N–H and O–H groups in total. The Bertz CT molecular complexity index is 357. The van der Waals surface area contributed by atoms with Crippen LogP contribution >= 0.6 is 0 Å². The minimum absolute atomic E-state index is 0.0147. The lowest BCUT2D eigenvalue weighted by Gasteiger charge is -2.27. The molecule has 96 valence electrons. The van der Waals surface area contributed by atoms with Crippen LogP contribution in [0.3, 0.4) is 0 Å². The van der Waals surface area contributed by atoms with Crippen LogP contribution in [0.5, 0.6) is 0 Å². The second kappa shape index (κ2) is 6.57.